The molecule has 0 spiro atoms. The van der Waals surface area contributed by atoms with Gasteiger partial charge in [-0.1, -0.05) is 29.3 Å². The molecule has 3 N–H and O–H groups in total. The Morgan fingerprint density at radius 1 is 1.29 bits per heavy atom. The molecular weight excluding hydrogens is 450 g/mol. The lowest BCUT2D eigenvalue weighted by Crippen LogP contribution is -2.38. The fourth-order valence-corrected chi connectivity index (χ4v) is 3.35. The first-order valence-corrected chi connectivity index (χ1v) is 9.31. The lowest BCUT2D eigenvalue weighted by atomic mass is 10.2. The van der Waals surface area contributed by atoms with Crippen molar-refractivity contribution in [2.75, 3.05) is 11.9 Å². The third-order valence-electron chi connectivity index (χ3n) is 3.95. The number of nitrogens with one attached hydrogen (secondary N) is 2. The summed E-state index contributed by atoms with van der Waals surface area (Å²) in [6, 6.07) is 9.43. The van der Waals surface area contributed by atoms with Gasteiger partial charge in [0.2, 0.25) is 5.91 Å². The predicted octanol–water partition coefficient (Wildman–Crippen LogP) is 3.65. The van der Waals surface area contributed by atoms with Crippen molar-refractivity contribution in [3.8, 4) is 5.75 Å². The smallest absolute Gasteiger partial charge is 0.329 e. The molecule has 0 atom stereocenters. The number of phenols is 1. The zero-order chi connectivity index (χ0) is 20.4. The second-order valence-corrected chi connectivity index (χ2v) is 7.39. The fraction of sp³-hybridized carbons (Fsp3) is 0.105. The third kappa shape index (κ3) is 4.35. The topological polar surface area (TPSA) is 98.7 Å². The van der Waals surface area contributed by atoms with Crippen molar-refractivity contribution in [2.45, 2.75) is 6.92 Å². The van der Waals surface area contributed by atoms with Gasteiger partial charge in [0.05, 0.1) is 9.50 Å². The minimum Gasteiger partial charge on any atom is -0.505 e. The molecule has 7 nitrogen and oxygen atoms in total. The van der Waals surface area contributed by atoms with Crippen LogP contribution in [0.3, 0.4) is 0 Å². The molecule has 144 valence electrons. The van der Waals surface area contributed by atoms with E-state index in [1.165, 1.54) is 12.1 Å². The molecule has 0 bridgehead atoms. The van der Waals surface area contributed by atoms with Crippen molar-refractivity contribution < 1.29 is 19.5 Å². The average molecular weight is 465 g/mol. The van der Waals surface area contributed by atoms with Gasteiger partial charge in [-0.25, -0.2) is 9.69 Å². The standard InChI is InChI=1S/C19H15BrClN3O4/c1-10-2-4-12(5-3-10)22-16(25)9-24-18(27)15(23-19(24)28)8-11-6-13(20)17(26)14(21)7-11/h2-8,26H,9H2,1H3,(H,22,25)(H,23,28)/b15-8+. The number of rotatable bonds is 4. The second kappa shape index (κ2) is 8.04. The zero-order valence-corrected chi connectivity index (χ0v) is 17.0. The maximum absolute atomic E-state index is 12.5. The summed E-state index contributed by atoms with van der Waals surface area (Å²) in [6.45, 7) is 1.50. The Morgan fingerprint density at radius 3 is 2.61 bits per heavy atom. The lowest BCUT2D eigenvalue weighted by Gasteiger charge is -2.12. The number of aromatic hydroxyl groups is 1. The molecule has 1 heterocycles. The Hall–Kier alpha value is -2.84. The van der Waals surface area contributed by atoms with Gasteiger partial charge in [-0.15, -0.1) is 0 Å². The summed E-state index contributed by atoms with van der Waals surface area (Å²) in [6.07, 6.45) is 1.41. The number of urea groups is 1. The second-order valence-electron chi connectivity index (χ2n) is 6.13. The van der Waals surface area contributed by atoms with E-state index in [0.717, 1.165) is 10.5 Å². The van der Waals surface area contributed by atoms with Crippen LogP contribution in [0.5, 0.6) is 5.75 Å². The van der Waals surface area contributed by atoms with Gasteiger partial charge < -0.3 is 15.7 Å². The van der Waals surface area contributed by atoms with E-state index in [9.17, 15) is 19.5 Å². The molecule has 28 heavy (non-hydrogen) atoms. The van der Waals surface area contributed by atoms with Gasteiger partial charge >= 0.3 is 6.03 Å². The normalized spacial score (nSPS) is 15.1. The van der Waals surface area contributed by atoms with Crippen molar-refractivity contribution in [2.24, 2.45) is 0 Å². The predicted molar refractivity (Wildman–Crippen MR) is 109 cm³/mol. The Morgan fingerprint density at radius 2 is 1.96 bits per heavy atom. The first-order chi connectivity index (χ1) is 13.2. The van der Waals surface area contributed by atoms with Crippen LogP contribution in [0, 0.1) is 6.92 Å². The molecule has 3 rings (SSSR count). The molecule has 1 fully saturated rings. The summed E-state index contributed by atoms with van der Waals surface area (Å²) >= 11 is 9.06. The number of hydrogen-bond donors (Lipinski definition) is 3. The molecule has 4 amide bonds. The highest BCUT2D eigenvalue weighted by Crippen LogP contribution is 2.33. The highest BCUT2D eigenvalue weighted by Gasteiger charge is 2.35. The lowest BCUT2D eigenvalue weighted by molar-refractivity contribution is -0.127. The summed E-state index contributed by atoms with van der Waals surface area (Å²) in [4.78, 5) is 37.6. The van der Waals surface area contributed by atoms with E-state index in [1.54, 1.807) is 18.2 Å². The number of anilines is 1. The summed E-state index contributed by atoms with van der Waals surface area (Å²) in [5.74, 6) is -1.26. The summed E-state index contributed by atoms with van der Waals surface area (Å²) < 4.78 is 0.345. The van der Waals surface area contributed by atoms with E-state index in [2.05, 4.69) is 26.6 Å². The van der Waals surface area contributed by atoms with Gasteiger partial charge in [-0.05, 0) is 58.8 Å². The molecule has 2 aromatic rings. The molecule has 1 aliphatic heterocycles. The number of amides is 4. The van der Waals surface area contributed by atoms with Crippen LogP contribution in [0.4, 0.5) is 10.5 Å². The van der Waals surface area contributed by atoms with Crippen molar-refractivity contribution in [1.29, 1.82) is 0 Å². The summed E-state index contributed by atoms with van der Waals surface area (Å²) in [5.41, 5.74) is 2.11. The number of benzene rings is 2. The first kappa shape index (κ1) is 19.9. The molecule has 0 saturated carbocycles. The number of imide groups is 1. The van der Waals surface area contributed by atoms with Crippen LogP contribution >= 0.6 is 27.5 Å². The van der Waals surface area contributed by atoms with Gasteiger partial charge in [0.25, 0.3) is 5.91 Å². The minimum atomic E-state index is -0.695. The van der Waals surface area contributed by atoms with Crippen molar-refractivity contribution in [3.05, 3.63) is 62.7 Å². The molecular formula is C19H15BrClN3O4. The summed E-state index contributed by atoms with van der Waals surface area (Å²) in [5, 5.41) is 14.8. The van der Waals surface area contributed by atoms with Gasteiger partial charge in [-0.3, -0.25) is 9.59 Å². The Labute approximate surface area is 174 Å². The van der Waals surface area contributed by atoms with Gasteiger partial charge in [0, 0.05) is 5.69 Å². The summed E-state index contributed by atoms with van der Waals surface area (Å²) in [7, 11) is 0. The molecule has 0 aliphatic carbocycles. The first-order valence-electron chi connectivity index (χ1n) is 8.13. The van der Waals surface area contributed by atoms with Crippen LogP contribution in [-0.2, 0) is 9.59 Å². The number of phenolic OH excluding ortho intramolecular Hbond substituents is 1. The van der Waals surface area contributed by atoms with E-state index >= 15 is 0 Å². The van der Waals surface area contributed by atoms with Gasteiger partial charge in [-0.2, -0.15) is 0 Å². The Kier molecular flexibility index (Phi) is 5.71. The Balaban J connectivity index is 1.72. The van der Waals surface area contributed by atoms with Crippen LogP contribution in [-0.4, -0.2) is 34.4 Å². The van der Waals surface area contributed by atoms with E-state index in [4.69, 9.17) is 11.6 Å². The van der Waals surface area contributed by atoms with Crippen LogP contribution in [0.25, 0.3) is 6.08 Å². The number of carbonyl (C=O) groups is 3. The zero-order valence-electron chi connectivity index (χ0n) is 14.6. The number of halogens is 2. The number of nitrogens with zero attached hydrogens (tertiary/aromatic N) is 1. The molecule has 1 saturated heterocycles. The monoisotopic (exact) mass is 463 g/mol. The fourth-order valence-electron chi connectivity index (χ4n) is 2.53. The molecule has 2 aromatic carbocycles. The van der Waals surface area contributed by atoms with Crippen molar-refractivity contribution in [3.63, 3.8) is 0 Å². The molecule has 0 unspecified atom stereocenters. The van der Waals surface area contributed by atoms with Gasteiger partial charge in [0.1, 0.15) is 18.0 Å². The van der Waals surface area contributed by atoms with Crippen LogP contribution in [0.1, 0.15) is 11.1 Å². The maximum Gasteiger partial charge on any atom is 0.329 e. The Bertz CT molecular complexity index is 982. The van der Waals surface area contributed by atoms with Crippen molar-refractivity contribution in [1.82, 2.24) is 10.2 Å². The highest BCUT2D eigenvalue weighted by atomic mass is 79.9. The molecule has 0 radical (unpaired) electrons. The quantitative estimate of drug-likeness (QED) is 0.475. The third-order valence-corrected chi connectivity index (χ3v) is 4.84. The van der Waals surface area contributed by atoms with Crippen molar-refractivity contribution >= 4 is 57.1 Å². The number of aryl methyl sites for hydroxylation is 1. The molecule has 0 aromatic heterocycles. The van der Waals surface area contributed by atoms with E-state index in [-0.39, 0.29) is 16.5 Å². The van der Waals surface area contributed by atoms with Crippen LogP contribution in [0.15, 0.2) is 46.6 Å². The van der Waals surface area contributed by atoms with Gasteiger partial charge in [0.15, 0.2) is 0 Å². The van der Waals surface area contributed by atoms with E-state index in [0.29, 0.717) is 15.7 Å². The highest BCUT2D eigenvalue weighted by molar-refractivity contribution is 9.10. The maximum atomic E-state index is 12.5. The van der Waals surface area contributed by atoms with Crippen LogP contribution < -0.4 is 10.6 Å². The number of carbonyl (C=O) groups excluding carboxylic acids is 3. The largest absolute Gasteiger partial charge is 0.505 e. The van der Waals surface area contributed by atoms with E-state index < -0.39 is 24.4 Å². The number of hydrogen-bond acceptors (Lipinski definition) is 4. The minimum absolute atomic E-state index is 0.00166. The molecule has 1 aliphatic rings. The molecule has 9 heteroatoms. The van der Waals surface area contributed by atoms with E-state index in [1.807, 2.05) is 19.1 Å². The van der Waals surface area contributed by atoms with Crippen LogP contribution in [0.2, 0.25) is 5.02 Å². The SMILES string of the molecule is Cc1ccc(NC(=O)CN2C(=O)N/C(=C/c3cc(Cl)c(O)c(Br)c3)C2=O)cc1. The average Bonchev–Trinajstić information content (AvgIpc) is 2.89.